The van der Waals surface area contributed by atoms with Crippen LogP contribution in [0.4, 0.5) is 0 Å². The third-order valence-corrected chi connectivity index (χ3v) is 3.42. The van der Waals surface area contributed by atoms with Gasteiger partial charge in [-0.1, -0.05) is 12.3 Å². The van der Waals surface area contributed by atoms with Gasteiger partial charge in [0.05, 0.1) is 6.54 Å². The molecule has 2 aliphatic rings. The van der Waals surface area contributed by atoms with Crippen LogP contribution in [0.1, 0.15) is 32.1 Å². The monoisotopic (exact) mass is 206 g/mol. The molecular weight excluding hydrogens is 184 g/mol. The quantitative estimate of drug-likeness (QED) is 0.685. The van der Waals surface area contributed by atoms with Gasteiger partial charge < -0.3 is 5.32 Å². The Bertz CT molecular complexity index is 221. The summed E-state index contributed by atoms with van der Waals surface area (Å²) in [6, 6.07) is 0.686. The van der Waals surface area contributed by atoms with Crippen LogP contribution in [0.3, 0.4) is 0 Å². The van der Waals surface area contributed by atoms with E-state index < -0.39 is 0 Å². The van der Waals surface area contributed by atoms with Gasteiger partial charge in [0.25, 0.3) is 0 Å². The molecule has 1 aliphatic carbocycles. The van der Waals surface area contributed by atoms with Gasteiger partial charge in [0.1, 0.15) is 0 Å². The van der Waals surface area contributed by atoms with Crippen LogP contribution in [0.15, 0.2) is 0 Å². The van der Waals surface area contributed by atoms with Gasteiger partial charge in [0.15, 0.2) is 0 Å². The molecule has 84 valence electrons. The highest BCUT2D eigenvalue weighted by atomic mass is 15.2. The maximum absolute atomic E-state index is 5.42. The van der Waals surface area contributed by atoms with E-state index in [0.717, 1.165) is 19.0 Å². The zero-order valence-electron chi connectivity index (χ0n) is 9.54. The molecule has 1 atom stereocenters. The van der Waals surface area contributed by atoms with Crippen molar-refractivity contribution in [2.45, 2.75) is 38.1 Å². The molecule has 1 heterocycles. The lowest BCUT2D eigenvalue weighted by atomic mass is 10.0. The van der Waals surface area contributed by atoms with Gasteiger partial charge in [-0.15, -0.1) is 6.42 Å². The summed E-state index contributed by atoms with van der Waals surface area (Å²) >= 11 is 0. The highest BCUT2D eigenvalue weighted by Gasteiger charge is 2.25. The van der Waals surface area contributed by atoms with Crippen LogP contribution in [0.2, 0.25) is 0 Å². The average molecular weight is 206 g/mol. The average Bonchev–Trinajstić information content (AvgIpc) is 3.03. The predicted molar refractivity (Wildman–Crippen MR) is 63.6 cm³/mol. The molecule has 2 rings (SSSR count). The van der Waals surface area contributed by atoms with Crippen molar-refractivity contribution in [2.75, 3.05) is 26.2 Å². The number of hydrogen-bond donors (Lipinski definition) is 1. The van der Waals surface area contributed by atoms with Crippen LogP contribution in [0, 0.1) is 18.3 Å². The van der Waals surface area contributed by atoms with Gasteiger partial charge >= 0.3 is 0 Å². The Hall–Kier alpha value is -0.520. The van der Waals surface area contributed by atoms with Gasteiger partial charge in [0.2, 0.25) is 0 Å². The van der Waals surface area contributed by atoms with Crippen LogP contribution >= 0.6 is 0 Å². The molecule has 1 saturated carbocycles. The topological polar surface area (TPSA) is 15.3 Å². The van der Waals surface area contributed by atoms with E-state index >= 15 is 0 Å². The fourth-order valence-electron chi connectivity index (χ4n) is 2.39. The maximum atomic E-state index is 5.42. The highest BCUT2D eigenvalue weighted by molar-refractivity contribution is 4.91. The van der Waals surface area contributed by atoms with Crippen molar-refractivity contribution in [1.29, 1.82) is 0 Å². The van der Waals surface area contributed by atoms with Gasteiger partial charge in [-0.25, -0.2) is 0 Å². The van der Waals surface area contributed by atoms with Gasteiger partial charge in [-0.05, 0) is 38.1 Å². The standard InChI is InChI=1S/C13H22N2/c1-2-9-15(10-12-6-7-12)11-13-5-3-4-8-14-13/h1,12-14H,3-11H2. The lowest BCUT2D eigenvalue weighted by Gasteiger charge is -2.29. The lowest BCUT2D eigenvalue weighted by Crippen LogP contribution is -2.44. The third-order valence-electron chi connectivity index (χ3n) is 3.42. The molecule has 2 fully saturated rings. The minimum absolute atomic E-state index is 0.686. The number of terminal acetylenes is 1. The Morgan fingerprint density at radius 3 is 2.67 bits per heavy atom. The van der Waals surface area contributed by atoms with Crippen molar-refractivity contribution in [1.82, 2.24) is 10.2 Å². The first kappa shape index (κ1) is 11.0. The minimum atomic E-state index is 0.686. The number of piperidine rings is 1. The van der Waals surface area contributed by atoms with Crippen molar-refractivity contribution in [3.63, 3.8) is 0 Å². The first-order valence-corrected chi connectivity index (χ1v) is 6.27. The molecule has 1 unspecified atom stereocenters. The van der Waals surface area contributed by atoms with Crippen molar-refractivity contribution in [3.05, 3.63) is 0 Å². The fourth-order valence-corrected chi connectivity index (χ4v) is 2.39. The highest BCUT2D eigenvalue weighted by Crippen LogP contribution is 2.29. The summed E-state index contributed by atoms with van der Waals surface area (Å²) in [5.41, 5.74) is 0. The summed E-state index contributed by atoms with van der Waals surface area (Å²) < 4.78 is 0. The van der Waals surface area contributed by atoms with Crippen LogP contribution < -0.4 is 5.32 Å². The molecule has 0 bridgehead atoms. The second kappa shape index (κ2) is 5.53. The van der Waals surface area contributed by atoms with Crippen LogP contribution in [-0.2, 0) is 0 Å². The van der Waals surface area contributed by atoms with Crippen LogP contribution in [-0.4, -0.2) is 37.1 Å². The van der Waals surface area contributed by atoms with Crippen molar-refractivity contribution in [2.24, 2.45) is 5.92 Å². The fraction of sp³-hybridized carbons (Fsp3) is 0.846. The Balaban J connectivity index is 1.73. The molecule has 1 aliphatic heterocycles. The smallest absolute Gasteiger partial charge is 0.0599 e. The number of nitrogens with one attached hydrogen (secondary N) is 1. The van der Waals surface area contributed by atoms with E-state index in [2.05, 4.69) is 16.1 Å². The molecule has 1 saturated heterocycles. The predicted octanol–water partition coefficient (Wildman–Crippen LogP) is 1.47. The van der Waals surface area contributed by atoms with E-state index in [1.807, 2.05) is 0 Å². The number of nitrogens with zero attached hydrogens (tertiary/aromatic N) is 1. The van der Waals surface area contributed by atoms with E-state index in [9.17, 15) is 0 Å². The molecular formula is C13H22N2. The summed E-state index contributed by atoms with van der Waals surface area (Å²) in [6.07, 6.45) is 12.3. The summed E-state index contributed by atoms with van der Waals surface area (Å²) in [5.74, 6) is 3.73. The summed E-state index contributed by atoms with van der Waals surface area (Å²) in [7, 11) is 0. The Labute approximate surface area is 93.4 Å². The minimum Gasteiger partial charge on any atom is -0.313 e. The molecule has 2 heteroatoms. The van der Waals surface area contributed by atoms with Crippen molar-refractivity contribution >= 4 is 0 Å². The first-order valence-electron chi connectivity index (χ1n) is 6.27. The largest absolute Gasteiger partial charge is 0.313 e. The summed E-state index contributed by atoms with van der Waals surface area (Å²) in [4.78, 5) is 2.46. The zero-order chi connectivity index (χ0) is 10.5. The van der Waals surface area contributed by atoms with Crippen LogP contribution in [0.25, 0.3) is 0 Å². The Morgan fingerprint density at radius 2 is 2.07 bits per heavy atom. The Kier molecular flexibility index (Phi) is 4.05. The molecule has 0 amide bonds. The second-order valence-electron chi connectivity index (χ2n) is 4.99. The van der Waals surface area contributed by atoms with Crippen molar-refractivity contribution < 1.29 is 0 Å². The molecule has 0 aromatic carbocycles. The van der Waals surface area contributed by atoms with E-state index in [1.54, 1.807) is 0 Å². The normalized spacial score (nSPS) is 26.5. The van der Waals surface area contributed by atoms with E-state index in [4.69, 9.17) is 6.42 Å². The van der Waals surface area contributed by atoms with Gasteiger partial charge in [-0.2, -0.15) is 0 Å². The SMILES string of the molecule is C#CCN(CC1CC1)CC1CCCCN1. The van der Waals surface area contributed by atoms with E-state index in [0.29, 0.717) is 6.04 Å². The molecule has 0 spiro atoms. The third kappa shape index (κ3) is 3.85. The molecule has 0 aromatic rings. The lowest BCUT2D eigenvalue weighted by molar-refractivity contribution is 0.238. The molecule has 2 nitrogen and oxygen atoms in total. The van der Waals surface area contributed by atoms with Gasteiger partial charge in [-0.3, -0.25) is 4.90 Å². The molecule has 0 aromatic heterocycles. The summed E-state index contributed by atoms with van der Waals surface area (Å²) in [5, 5.41) is 3.59. The molecule has 0 radical (unpaired) electrons. The number of rotatable bonds is 5. The van der Waals surface area contributed by atoms with Crippen LogP contribution in [0.5, 0.6) is 0 Å². The first-order chi connectivity index (χ1) is 7.38. The van der Waals surface area contributed by atoms with E-state index in [-0.39, 0.29) is 0 Å². The second-order valence-corrected chi connectivity index (χ2v) is 4.99. The zero-order valence-corrected chi connectivity index (χ0v) is 9.54. The summed E-state index contributed by atoms with van der Waals surface area (Å²) in [6.45, 7) is 4.40. The number of hydrogen-bond acceptors (Lipinski definition) is 2. The van der Waals surface area contributed by atoms with Crippen molar-refractivity contribution in [3.8, 4) is 12.3 Å². The molecule has 1 N–H and O–H groups in total. The Morgan fingerprint density at radius 1 is 1.20 bits per heavy atom. The van der Waals surface area contributed by atoms with Gasteiger partial charge in [0, 0.05) is 19.1 Å². The molecule has 15 heavy (non-hydrogen) atoms. The van der Waals surface area contributed by atoms with E-state index in [1.165, 1.54) is 45.2 Å². The maximum Gasteiger partial charge on any atom is 0.0599 e.